The smallest absolute Gasteiger partial charge is 0.157 e. The summed E-state index contributed by atoms with van der Waals surface area (Å²) in [4.78, 5) is 0. The van der Waals surface area contributed by atoms with Crippen molar-refractivity contribution in [3.05, 3.63) is 35.4 Å². The van der Waals surface area contributed by atoms with E-state index in [1.165, 1.54) is 0 Å². The third kappa shape index (κ3) is 3.22. The standard InChI is InChI=1S/C15H23NO3S/c1-11-3-5-13(6-4-11)15(16)12(2)20(17,18)14-7-9-19-10-8-14/h3-6,12,14-15H,7-10,16H2,1-2H3. The molecule has 1 aromatic carbocycles. The van der Waals surface area contributed by atoms with Gasteiger partial charge < -0.3 is 10.5 Å². The molecule has 1 fully saturated rings. The van der Waals surface area contributed by atoms with Crippen LogP contribution in [-0.2, 0) is 14.6 Å². The van der Waals surface area contributed by atoms with Crippen LogP contribution in [0.2, 0.25) is 0 Å². The largest absolute Gasteiger partial charge is 0.381 e. The van der Waals surface area contributed by atoms with Gasteiger partial charge in [0.1, 0.15) is 0 Å². The fraction of sp³-hybridized carbons (Fsp3) is 0.600. The predicted octanol–water partition coefficient (Wildman–Crippen LogP) is 1.98. The summed E-state index contributed by atoms with van der Waals surface area (Å²) in [5.74, 6) is 0. The van der Waals surface area contributed by atoms with Gasteiger partial charge in [0.05, 0.1) is 10.5 Å². The van der Waals surface area contributed by atoms with Crippen LogP contribution >= 0.6 is 0 Å². The molecule has 0 amide bonds. The second kappa shape index (κ2) is 6.24. The lowest BCUT2D eigenvalue weighted by Crippen LogP contribution is -2.40. The summed E-state index contributed by atoms with van der Waals surface area (Å²) in [5.41, 5.74) is 8.18. The third-order valence-corrected chi connectivity index (χ3v) is 6.85. The van der Waals surface area contributed by atoms with Crippen molar-refractivity contribution in [3.63, 3.8) is 0 Å². The van der Waals surface area contributed by atoms with E-state index >= 15 is 0 Å². The van der Waals surface area contributed by atoms with Crippen LogP contribution in [0.1, 0.15) is 36.9 Å². The maximum atomic E-state index is 12.6. The topological polar surface area (TPSA) is 69.4 Å². The molecule has 2 N–H and O–H groups in total. The van der Waals surface area contributed by atoms with Crippen LogP contribution in [-0.4, -0.2) is 32.1 Å². The lowest BCUT2D eigenvalue weighted by molar-refractivity contribution is 0.0981. The highest BCUT2D eigenvalue weighted by molar-refractivity contribution is 7.92. The van der Waals surface area contributed by atoms with Gasteiger partial charge in [-0.15, -0.1) is 0 Å². The second-order valence-corrected chi connectivity index (χ2v) is 8.13. The molecule has 2 unspecified atom stereocenters. The molecular formula is C15H23NO3S. The van der Waals surface area contributed by atoms with Crippen LogP contribution in [0.5, 0.6) is 0 Å². The fourth-order valence-electron chi connectivity index (χ4n) is 2.57. The maximum Gasteiger partial charge on any atom is 0.157 e. The molecule has 112 valence electrons. The van der Waals surface area contributed by atoms with Gasteiger partial charge in [-0.1, -0.05) is 29.8 Å². The molecule has 1 aliphatic heterocycles. The monoisotopic (exact) mass is 297 g/mol. The number of hydrogen-bond acceptors (Lipinski definition) is 4. The van der Waals surface area contributed by atoms with Crippen LogP contribution in [0, 0.1) is 6.92 Å². The van der Waals surface area contributed by atoms with Gasteiger partial charge in [0.2, 0.25) is 0 Å². The molecule has 0 bridgehead atoms. The second-order valence-electron chi connectivity index (χ2n) is 5.54. The quantitative estimate of drug-likeness (QED) is 0.922. The zero-order valence-corrected chi connectivity index (χ0v) is 12.9. The number of nitrogens with two attached hydrogens (primary N) is 1. The van der Waals surface area contributed by atoms with Gasteiger partial charge in [0, 0.05) is 19.3 Å². The summed E-state index contributed by atoms with van der Waals surface area (Å²) < 4.78 is 30.5. The van der Waals surface area contributed by atoms with Crippen molar-refractivity contribution >= 4 is 9.84 Å². The van der Waals surface area contributed by atoms with E-state index in [0.29, 0.717) is 26.1 Å². The molecule has 2 atom stereocenters. The molecule has 0 radical (unpaired) electrons. The molecule has 1 aliphatic rings. The Balaban J connectivity index is 2.16. The van der Waals surface area contributed by atoms with Crippen molar-refractivity contribution in [1.82, 2.24) is 0 Å². The SMILES string of the molecule is Cc1ccc(C(N)C(C)S(=O)(=O)C2CCOCC2)cc1. The minimum atomic E-state index is -3.22. The minimum absolute atomic E-state index is 0.317. The Morgan fingerprint density at radius 2 is 1.75 bits per heavy atom. The van der Waals surface area contributed by atoms with Gasteiger partial charge >= 0.3 is 0 Å². The number of benzene rings is 1. The van der Waals surface area contributed by atoms with E-state index in [1.807, 2.05) is 31.2 Å². The first kappa shape index (κ1) is 15.5. The average Bonchev–Trinajstić information content (AvgIpc) is 2.47. The molecule has 0 aliphatic carbocycles. The van der Waals surface area contributed by atoms with Crippen LogP contribution in [0.4, 0.5) is 0 Å². The number of ether oxygens (including phenoxy) is 1. The van der Waals surface area contributed by atoms with Gasteiger partial charge in [-0.25, -0.2) is 8.42 Å². The van der Waals surface area contributed by atoms with E-state index in [1.54, 1.807) is 6.92 Å². The molecule has 20 heavy (non-hydrogen) atoms. The zero-order chi connectivity index (χ0) is 14.8. The van der Waals surface area contributed by atoms with E-state index in [4.69, 9.17) is 10.5 Å². The van der Waals surface area contributed by atoms with E-state index in [2.05, 4.69) is 0 Å². The van der Waals surface area contributed by atoms with Crippen molar-refractivity contribution < 1.29 is 13.2 Å². The minimum Gasteiger partial charge on any atom is -0.381 e. The highest BCUT2D eigenvalue weighted by atomic mass is 32.2. The van der Waals surface area contributed by atoms with E-state index in [9.17, 15) is 8.42 Å². The molecule has 4 nitrogen and oxygen atoms in total. The molecular weight excluding hydrogens is 274 g/mol. The van der Waals surface area contributed by atoms with Gasteiger partial charge in [-0.3, -0.25) is 0 Å². The average molecular weight is 297 g/mol. The molecule has 0 saturated carbocycles. The van der Waals surface area contributed by atoms with Crippen molar-refractivity contribution in [2.24, 2.45) is 5.73 Å². The van der Waals surface area contributed by atoms with Crippen molar-refractivity contribution in [2.45, 2.75) is 43.2 Å². The Bertz CT molecular complexity index is 533. The lowest BCUT2D eigenvalue weighted by Gasteiger charge is -2.28. The highest BCUT2D eigenvalue weighted by Crippen LogP contribution is 2.27. The zero-order valence-electron chi connectivity index (χ0n) is 12.1. The third-order valence-electron chi connectivity index (χ3n) is 4.12. The van der Waals surface area contributed by atoms with Crippen LogP contribution < -0.4 is 5.73 Å². The Morgan fingerprint density at radius 3 is 2.30 bits per heavy atom. The van der Waals surface area contributed by atoms with Gasteiger partial charge in [0.25, 0.3) is 0 Å². The molecule has 1 aromatic rings. The number of aryl methyl sites for hydroxylation is 1. The Hall–Kier alpha value is -0.910. The summed E-state index contributed by atoms with van der Waals surface area (Å²) in [6.45, 7) is 4.76. The Labute approximate surface area is 121 Å². The number of sulfone groups is 1. The highest BCUT2D eigenvalue weighted by Gasteiger charge is 2.36. The Morgan fingerprint density at radius 1 is 1.20 bits per heavy atom. The van der Waals surface area contributed by atoms with Crippen molar-refractivity contribution in [1.29, 1.82) is 0 Å². The van der Waals surface area contributed by atoms with E-state index < -0.39 is 21.1 Å². The Kier molecular flexibility index (Phi) is 4.83. The summed E-state index contributed by atoms with van der Waals surface area (Å²) in [6, 6.07) is 7.27. The van der Waals surface area contributed by atoms with Crippen LogP contribution in [0.15, 0.2) is 24.3 Å². The summed E-state index contributed by atoms with van der Waals surface area (Å²) >= 11 is 0. The summed E-state index contributed by atoms with van der Waals surface area (Å²) in [7, 11) is -3.22. The molecule has 1 heterocycles. The lowest BCUT2D eigenvalue weighted by atomic mass is 10.0. The fourth-order valence-corrected chi connectivity index (χ4v) is 4.59. The van der Waals surface area contributed by atoms with Gasteiger partial charge in [-0.2, -0.15) is 0 Å². The summed E-state index contributed by atoms with van der Waals surface area (Å²) in [5, 5.41) is -0.893. The molecule has 2 rings (SSSR count). The van der Waals surface area contributed by atoms with Crippen LogP contribution in [0.3, 0.4) is 0 Å². The molecule has 1 saturated heterocycles. The molecule has 0 aromatic heterocycles. The van der Waals surface area contributed by atoms with Gasteiger partial charge in [0.15, 0.2) is 9.84 Å². The first-order valence-corrected chi connectivity index (χ1v) is 8.66. The van der Waals surface area contributed by atoms with Crippen molar-refractivity contribution in [3.8, 4) is 0 Å². The van der Waals surface area contributed by atoms with Crippen LogP contribution in [0.25, 0.3) is 0 Å². The predicted molar refractivity (Wildman–Crippen MR) is 80.3 cm³/mol. The first-order valence-electron chi connectivity index (χ1n) is 7.05. The maximum absolute atomic E-state index is 12.6. The van der Waals surface area contributed by atoms with E-state index in [-0.39, 0.29) is 5.25 Å². The summed E-state index contributed by atoms with van der Waals surface area (Å²) in [6.07, 6.45) is 1.15. The molecule has 5 heteroatoms. The molecule has 0 spiro atoms. The first-order chi connectivity index (χ1) is 9.43. The number of rotatable bonds is 4. The normalized spacial score (nSPS) is 20.6. The van der Waals surface area contributed by atoms with Gasteiger partial charge in [-0.05, 0) is 32.3 Å². The number of hydrogen-bond donors (Lipinski definition) is 1. The van der Waals surface area contributed by atoms with E-state index in [0.717, 1.165) is 11.1 Å². The van der Waals surface area contributed by atoms with Crippen molar-refractivity contribution in [2.75, 3.05) is 13.2 Å².